The van der Waals surface area contributed by atoms with Gasteiger partial charge in [0, 0.05) is 6.04 Å². The minimum atomic E-state index is 0.0353. The van der Waals surface area contributed by atoms with Gasteiger partial charge in [-0.1, -0.05) is 32.0 Å². The van der Waals surface area contributed by atoms with Gasteiger partial charge in [0.05, 0.1) is 18.8 Å². The van der Waals surface area contributed by atoms with Crippen molar-refractivity contribution in [2.45, 2.75) is 40.3 Å². The summed E-state index contributed by atoms with van der Waals surface area (Å²) in [7, 11) is 0. The molecular formula is C15H23N5O. The number of hydrogen-bond donors (Lipinski definition) is 2. The zero-order valence-electron chi connectivity index (χ0n) is 13.0. The second kappa shape index (κ2) is 6.78. The average Bonchev–Trinajstić information content (AvgIpc) is 2.87. The van der Waals surface area contributed by atoms with Gasteiger partial charge in [0.15, 0.2) is 5.82 Å². The molecule has 2 aromatic rings. The van der Waals surface area contributed by atoms with Crippen molar-refractivity contribution in [3.8, 4) is 5.69 Å². The van der Waals surface area contributed by atoms with Crippen molar-refractivity contribution in [3.05, 3.63) is 35.2 Å². The fourth-order valence-corrected chi connectivity index (χ4v) is 2.36. The number of nitrogens with one attached hydrogen (secondary N) is 1. The van der Waals surface area contributed by atoms with Crippen molar-refractivity contribution in [1.82, 2.24) is 25.5 Å². The molecule has 21 heavy (non-hydrogen) atoms. The molecule has 0 amide bonds. The third kappa shape index (κ3) is 3.46. The zero-order valence-corrected chi connectivity index (χ0v) is 13.0. The minimum Gasteiger partial charge on any atom is -0.395 e. The molecule has 1 atom stereocenters. The molecule has 0 aliphatic rings. The van der Waals surface area contributed by atoms with Gasteiger partial charge in [0.2, 0.25) is 0 Å². The van der Waals surface area contributed by atoms with Gasteiger partial charge >= 0.3 is 0 Å². The molecule has 2 rings (SSSR count). The largest absolute Gasteiger partial charge is 0.395 e. The van der Waals surface area contributed by atoms with Crippen LogP contribution in [0.15, 0.2) is 18.2 Å². The van der Waals surface area contributed by atoms with Crippen LogP contribution in [0, 0.1) is 19.8 Å². The average molecular weight is 289 g/mol. The van der Waals surface area contributed by atoms with Gasteiger partial charge in [-0.15, -0.1) is 5.10 Å². The van der Waals surface area contributed by atoms with E-state index in [2.05, 4.69) is 34.7 Å². The fourth-order valence-electron chi connectivity index (χ4n) is 2.36. The lowest BCUT2D eigenvalue weighted by atomic mass is 10.1. The van der Waals surface area contributed by atoms with E-state index in [9.17, 15) is 5.11 Å². The predicted molar refractivity (Wildman–Crippen MR) is 81.2 cm³/mol. The fraction of sp³-hybridized carbons (Fsp3) is 0.533. The highest BCUT2D eigenvalue weighted by Gasteiger charge is 2.16. The number of para-hydroxylation sites is 1. The Morgan fingerprint density at radius 3 is 2.48 bits per heavy atom. The van der Waals surface area contributed by atoms with Crippen molar-refractivity contribution in [2.75, 3.05) is 6.61 Å². The van der Waals surface area contributed by atoms with Crippen molar-refractivity contribution >= 4 is 0 Å². The molecule has 0 radical (unpaired) electrons. The Morgan fingerprint density at radius 1 is 1.24 bits per heavy atom. The van der Waals surface area contributed by atoms with Crippen molar-refractivity contribution in [2.24, 2.45) is 5.92 Å². The first-order valence-corrected chi connectivity index (χ1v) is 7.22. The van der Waals surface area contributed by atoms with Crippen LogP contribution in [0.5, 0.6) is 0 Å². The van der Waals surface area contributed by atoms with Crippen LogP contribution in [0.25, 0.3) is 5.69 Å². The maximum Gasteiger partial charge on any atom is 0.170 e. The first-order chi connectivity index (χ1) is 10.0. The molecule has 1 aromatic carbocycles. The summed E-state index contributed by atoms with van der Waals surface area (Å²) >= 11 is 0. The van der Waals surface area contributed by atoms with Crippen molar-refractivity contribution in [1.29, 1.82) is 0 Å². The molecule has 0 bridgehead atoms. The van der Waals surface area contributed by atoms with Crippen LogP contribution in [0.1, 0.15) is 30.8 Å². The van der Waals surface area contributed by atoms with Crippen LogP contribution in [-0.2, 0) is 6.54 Å². The smallest absolute Gasteiger partial charge is 0.170 e. The number of aryl methyl sites for hydroxylation is 2. The number of tetrazole rings is 1. The summed E-state index contributed by atoms with van der Waals surface area (Å²) in [5.41, 5.74) is 3.28. The van der Waals surface area contributed by atoms with E-state index < -0.39 is 0 Å². The number of rotatable bonds is 6. The SMILES string of the molecule is Cc1cccc(C)c1-n1nnnc1CN[C@H](CO)C(C)C. The molecule has 0 spiro atoms. The Morgan fingerprint density at radius 2 is 1.90 bits per heavy atom. The molecule has 114 valence electrons. The second-order valence-electron chi connectivity index (χ2n) is 5.66. The highest BCUT2D eigenvalue weighted by Crippen LogP contribution is 2.18. The van der Waals surface area contributed by atoms with E-state index in [1.54, 1.807) is 4.68 Å². The lowest BCUT2D eigenvalue weighted by Crippen LogP contribution is -2.37. The maximum atomic E-state index is 9.38. The van der Waals surface area contributed by atoms with Crippen molar-refractivity contribution < 1.29 is 5.11 Å². The van der Waals surface area contributed by atoms with E-state index in [0.29, 0.717) is 12.5 Å². The van der Waals surface area contributed by atoms with Crippen LogP contribution >= 0.6 is 0 Å². The topological polar surface area (TPSA) is 75.9 Å². The molecule has 0 aliphatic heterocycles. The minimum absolute atomic E-state index is 0.0353. The Labute approximate surface area is 125 Å². The molecule has 0 unspecified atom stereocenters. The lowest BCUT2D eigenvalue weighted by Gasteiger charge is -2.19. The predicted octanol–water partition coefficient (Wildman–Crippen LogP) is 1.39. The summed E-state index contributed by atoms with van der Waals surface area (Å²) in [4.78, 5) is 0. The summed E-state index contributed by atoms with van der Waals surface area (Å²) in [6, 6.07) is 6.16. The Hall–Kier alpha value is -1.79. The van der Waals surface area contributed by atoms with Gasteiger partial charge in [-0.2, -0.15) is 4.68 Å². The van der Waals surface area contributed by atoms with Gasteiger partial charge in [-0.25, -0.2) is 0 Å². The summed E-state index contributed by atoms with van der Waals surface area (Å²) in [5.74, 6) is 1.09. The van der Waals surface area contributed by atoms with E-state index in [0.717, 1.165) is 22.6 Å². The van der Waals surface area contributed by atoms with Crippen molar-refractivity contribution in [3.63, 3.8) is 0 Å². The quantitative estimate of drug-likeness (QED) is 0.840. The standard InChI is InChI=1S/C15H23N5O/c1-10(2)13(9-21)16-8-14-17-18-19-20(14)15-11(3)6-5-7-12(15)4/h5-7,10,13,16,21H,8-9H2,1-4H3/t13-/m1/s1. The summed E-state index contributed by atoms with van der Waals surface area (Å²) in [6.45, 7) is 8.86. The molecule has 6 nitrogen and oxygen atoms in total. The molecule has 1 aromatic heterocycles. The number of aliphatic hydroxyl groups is 1. The molecule has 0 saturated heterocycles. The second-order valence-corrected chi connectivity index (χ2v) is 5.66. The summed E-state index contributed by atoms with van der Waals surface area (Å²) in [6.07, 6.45) is 0. The maximum absolute atomic E-state index is 9.38. The molecule has 0 saturated carbocycles. The summed E-state index contributed by atoms with van der Waals surface area (Å²) in [5, 5.41) is 24.7. The van der Waals surface area contributed by atoms with Gasteiger partial charge in [0.25, 0.3) is 0 Å². The van der Waals surface area contributed by atoms with Crippen LogP contribution < -0.4 is 5.32 Å². The Kier molecular flexibility index (Phi) is 5.03. The Bertz CT molecular complexity index is 573. The summed E-state index contributed by atoms with van der Waals surface area (Å²) < 4.78 is 1.77. The van der Waals surface area contributed by atoms with E-state index >= 15 is 0 Å². The van der Waals surface area contributed by atoms with Crippen LogP contribution in [0.2, 0.25) is 0 Å². The Balaban J connectivity index is 2.23. The molecule has 1 heterocycles. The van der Waals surface area contributed by atoms with E-state index in [1.165, 1.54) is 0 Å². The normalized spacial score (nSPS) is 12.9. The van der Waals surface area contributed by atoms with Gasteiger partial charge < -0.3 is 10.4 Å². The van der Waals surface area contributed by atoms with E-state index in [-0.39, 0.29) is 12.6 Å². The number of nitrogens with zero attached hydrogens (tertiary/aromatic N) is 4. The molecule has 0 aliphatic carbocycles. The zero-order chi connectivity index (χ0) is 15.4. The van der Waals surface area contributed by atoms with Crippen LogP contribution in [0.4, 0.5) is 0 Å². The molecule has 6 heteroatoms. The number of aliphatic hydroxyl groups excluding tert-OH is 1. The lowest BCUT2D eigenvalue weighted by molar-refractivity contribution is 0.209. The first-order valence-electron chi connectivity index (χ1n) is 7.22. The molecule has 0 fully saturated rings. The van der Waals surface area contributed by atoms with E-state index in [4.69, 9.17) is 0 Å². The molecule has 2 N–H and O–H groups in total. The van der Waals surface area contributed by atoms with E-state index in [1.807, 2.05) is 32.0 Å². The monoisotopic (exact) mass is 289 g/mol. The van der Waals surface area contributed by atoms with Gasteiger partial charge in [0.1, 0.15) is 0 Å². The van der Waals surface area contributed by atoms with Crippen LogP contribution in [0.3, 0.4) is 0 Å². The van der Waals surface area contributed by atoms with Crippen LogP contribution in [-0.4, -0.2) is 38.0 Å². The van der Waals surface area contributed by atoms with Gasteiger partial charge in [-0.05, 0) is 41.3 Å². The number of hydrogen-bond acceptors (Lipinski definition) is 5. The third-order valence-electron chi connectivity index (χ3n) is 3.71. The first kappa shape index (κ1) is 15.6. The number of benzene rings is 1. The van der Waals surface area contributed by atoms with Gasteiger partial charge in [-0.3, -0.25) is 0 Å². The molecular weight excluding hydrogens is 266 g/mol. The third-order valence-corrected chi connectivity index (χ3v) is 3.71. The number of aromatic nitrogens is 4. The highest BCUT2D eigenvalue weighted by atomic mass is 16.3. The highest BCUT2D eigenvalue weighted by molar-refractivity contribution is 5.46.